The molecule has 25 heavy (non-hydrogen) atoms. The third-order valence-corrected chi connectivity index (χ3v) is 4.18. The molecule has 1 saturated heterocycles. The van der Waals surface area contributed by atoms with Crippen molar-refractivity contribution < 1.29 is 9.53 Å². The number of hydrogen-bond donors (Lipinski definition) is 3. The normalized spacial score (nSPS) is 15.1. The lowest BCUT2D eigenvalue weighted by Crippen LogP contribution is -2.44. The fourth-order valence-corrected chi connectivity index (χ4v) is 2.84. The van der Waals surface area contributed by atoms with Crippen LogP contribution in [0.1, 0.15) is 5.56 Å². The molecule has 0 bridgehead atoms. The van der Waals surface area contributed by atoms with Crippen LogP contribution in [0.3, 0.4) is 0 Å². The first-order valence-electron chi connectivity index (χ1n) is 8.42. The number of urea groups is 1. The number of carbonyl (C=O) groups excluding carboxylic acids is 1. The Labute approximate surface area is 146 Å². The predicted molar refractivity (Wildman–Crippen MR) is 96.3 cm³/mol. The highest BCUT2D eigenvalue weighted by atomic mass is 16.5. The summed E-state index contributed by atoms with van der Waals surface area (Å²) in [6.45, 7) is 7.31. The summed E-state index contributed by atoms with van der Waals surface area (Å²) in [5, 5.41) is 10.5. The van der Waals surface area contributed by atoms with Crippen molar-refractivity contribution >= 4 is 11.8 Å². The molecule has 1 aliphatic heterocycles. The molecule has 2 amide bonds. The van der Waals surface area contributed by atoms with Crippen LogP contribution in [0, 0.1) is 6.92 Å². The van der Waals surface area contributed by atoms with Crippen LogP contribution >= 0.6 is 0 Å². The number of anilines is 1. The number of aromatic nitrogens is 2. The Bertz CT molecular complexity index is 709. The van der Waals surface area contributed by atoms with Crippen LogP contribution in [-0.2, 0) is 0 Å². The summed E-state index contributed by atoms with van der Waals surface area (Å²) < 4.78 is 7.52. The Morgan fingerprint density at radius 2 is 2.04 bits per heavy atom. The number of primary amides is 1. The molecule has 0 atom stereocenters. The standard InChI is InChI=1S/C17H24N6O2/c1-13-15(20-17(18)24)23(14-5-3-2-4-6-14)21-16(13)25-12-11-22-9-7-19-8-10-22/h2-6,19H,7-12H2,1H3,(H3,18,20,24). The van der Waals surface area contributed by atoms with Gasteiger partial charge in [0.05, 0.1) is 11.3 Å². The van der Waals surface area contributed by atoms with E-state index in [0.717, 1.165) is 44.0 Å². The van der Waals surface area contributed by atoms with Gasteiger partial charge in [-0.3, -0.25) is 10.2 Å². The minimum atomic E-state index is -0.632. The van der Waals surface area contributed by atoms with Gasteiger partial charge in [0.2, 0.25) is 5.88 Å². The van der Waals surface area contributed by atoms with Gasteiger partial charge in [-0.15, -0.1) is 5.10 Å². The number of benzene rings is 1. The van der Waals surface area contributed by atoms with Crippen molar-refractivity contribution in [3.05, 3.63) is 35.9 Å². The van der Waals surface area contributed by atoms with Crippen LogP contribution in [0.5, 0.6) is 5.88 Å². The third-order valence-electron chi connectivity index (χ3n) is 4.18. The highest BCUT2D eigenvalue weighted by Gasteiger charge is 2.18. The van der Waals surface area contributed by atoms with Crippen molar-refractivity contribution in [3.63, 3.8) is 0 Å². The van der Waals surface area contributed by atoms with E-state index in [0.29, 0.717) is 18.3 Å². The van der Waals surface area contributed by atoms with Crippen LogP contribution in [-0.4, -0.2) is 60.0 Å². The molecule has 1 aromatic heterocycles. The summed E-state index contributed by atoms with van der Waals surface area (Å²) in [5.41, 5.74) is 6.88. The quantitative estimate of drug-likeness (QED) is 0.725. The summed E-state index contributed by atoms with van der Waals surface area (Å²) >= 11 is 0. The Morgan fingerprint density at radius 1 is 1.32 bits per heavy atom. The van der Waals surface area contributed by atoms with E-state index in [-0.39, 0.29) is 0 Å². The molecule has 134 valence electrons. The average molecular weight is 344 g/mol. The lowest BCUT2D eigenvalue weighted by molar-refractivity contribution is 0.187. The minimum absolute atomic E-state index is 0.503. The number of ether oxygens (including phenoxy) is 1. The number of carbonyl (C=O) groups is 1. The molecule has 0 unspecified atom stereocenters. The van der Waals surface area contributed by atoms with Gasteiger partial charge in [0, 0.05) is 32.7 Å². The number of nitrogens with one attached hydrogen (secondary N) is 2. The van der Waals surface area contributed by atoms with Gasteiger partial charge in [-0.05, 0) is 19.1 Å². The minimum Gasteiger partial charge on any atom is -0.475 e. The highest BCUT2D eigenvalue weighted by molar-refractivity contribution is 5.88. The molecule has 8 nitrogen and oxygen atoms in total. The van der Waals surface area contributed by atoms with Crippen LogP contribution < -0.4 is 21.1 Å². The first-order chi connectivity index (χ1) is 12.1. The van der Waals surface area contributed by atoms with Crippen molar-refractivity contribution in [2.24, 2.45) is 5.73 Å². The fraction of sp³-hybridized carbons (Fsp3) is 0.412. The Kier molecular flexibility index (Phi) is 5.52. The first kappa shape index (κ1) is 17.2. The molecule has 3 rings (SSSR count). The van der Waals surface area contributed by atoms with Crippen LogP contribution in [0.25, 0.3) is 5.69 Å². The third kappa shape index (κ3) is 4.28. The largest absolute Gasteiger partial charge is 0.475 e. The Balaban J connectivity index is 1.75. The van der Waals surface area contributed by atoms with E-state index in [1.807, 2.05) is 37.3 Å². The van der Waals surface area contributed by atoms with E-state index in [2.05, 4.69) is 20.6 Å². The van der Waals surface area contributed by atoms with Gasteiger partial charge in [0.1, 0.15) is 12.4 Å². The highest BCUT2D eigenvalue weighted by Crippen LogP contribution is 2.28. The summed E-state index contributed by atoms with van der Waals surface area (Å²) in [6, 6.07) is 8.92. The van der Waals surface area contributed by atoms with E-state index in [1.165, 1.54) is 0 Å². The molecule has 1 aromatic carbocycles. The van der Waals surface area contributed by atoms with Gasteiger partial charge >= 0.3 is 6.03 Å². The van der Waals surface area contributed by atoms with Gasteiger partial charge < -0.3 is 15.8 Å². The van der Waals surface area contributed by atoms with E-state index >= 15 is 0 Å². The SMILES string of the molecule is Cc1c(OCCN2CCNCC2)nn(-c2ccccc2)c1NC(N)=O. The first-order valence-corrected chi connectivity index (χ1v) is 8.42. The topological polar surface area (TPSA) is 97.4 Å². The monoisotopic (exact) mass is 344 g/mol. The molecular weight excluding hydrogens is 320 g/mol. The van der Waals surface area contributed by atoms with E-state index in [9.17, 15) is 4.79 Å². The molecule has 2 heterocycles. The van der Waals surface area contributed by atoms with E-state index in [1.54, 1.807) is 4.68 Å². The lowest BCUT2D eigenvalue weighted by Gasteiger charge is -2.26. The van der Waals surface area contributed by atoms with Crippen LogP contribution in [0.15, 0.2) is 30.3 Å². The van der Waals surface area contributed by atoms with Gasteiger partial charge in [-0.2, -0.15) is 0 Å². The summed E-state index contributed by atoms with van der Waals surface area (Å²) in [4.78, 5) is 13.7. The molecule has 4 N–H and O–H groups in total. The smallest absolute Gasteiger partial charge is 0.317 e. The van der Waals surface area contributed by atoms with Crippen molar-refractivity contribution in [1.82, 2.24) is 20.0 Å². The number of amides is 2. The number of nitrogens with two attached hydrogens (primary N) is 1. The maximum atomic E-state index is 11.4. The van der Waals surface area contributed by atoms with E-state index in [4.69, 9.17) is 10.5 Å². The van der Waals surface area contributed by atoms with E-state index < -0.39 is 6.03 Å². The number of piperazine rings is 1. The molecule has 0 spiro atoms. The van der Waals surface area contributed by atoms with Crippen molar-refractivity contribution in [2.45, 2.75) is 6.92 Å². The van der Waals surface area contributed by atoms with Gasteiger partial charge in [-0.25, -0.2) is 9.48 Å². The zero-order chi connectivity index (χ0) is 17.6. The second-order valence-corrected chi connectivity index (χ2v) is 5.96. The molecule has 0 radical (unpaired) electrons. The number of hydrogen-bond acceptors (Lipinski definition) is 5. The summed E-state index contributed by atoms with van der Waals surface area (Å²) in [6.07, 6.45) is 0. The van der Waals surface area contributed by atoms with Crippen molar-refractivity contribution in [3.8, 4) is 11.6 Å². The number of nitrogens with zero attached hydrogens (tertiary/aromatic N) is 3. The molecule has 8 heteroatoms. The maximum Gasteiger partial charge on any atom is 0.317 e. The molecule has 1 aliphatic rings. The zero-order valence-corrected chi connectivity index (χ0v) is 14.4. The van der Waals surface area contributed by atoms with Crippen molar-refractivity contribution in [1.29, 1.82) is 0 Å². The van der Waals surface area contributed by atoms with Gasteiger partial charge in [-0.1, -0.05) is 18.2 Å². The summed E-state index contributed by atoms with van der Waals surface area (Å²) in [5.74, 6) is 1.03. The molecule has 0 saturated carbocycles. The van der Waals surface area contributed by atoms with Crippen molar-refractivity contribution in [2.75, 3.05) is 44.6 Å². The second kappa shape index (κ2) is 8.00. The second-order valence-electron chi connectivity index (χ2n) is 5.96. The Morgan fingerprint density at radius 3 is 2.72 bits per heavy atom. The van der Waals surface area contributed by atoms with Crippen LogP contribution in [0.4, 0.5) is 10.6 Å². The predicted octanol–water partition coefficient (Wildman–Crippen LogP) is 0.955. The fourth-order valence-electron chi connectivity index (χ4n) is 2.84. The Hall–Kier alpha value is -2.58. The molecule has 1 fully saturated rings. The molecule has 0 aliphatic carbocycles. The average Bonchev–Trinajstić information content (AvgIpc) is 2.93. The summed E-state index contributed by atoms with van der Waals surface area (Å²) in [7, 11) is 0. The van der Waals surface area contributed by atoms with Gasteiger partial charge in [0.15, 0.2) is 0 Å². The number of rotatable bonds is 6. The molecular formula is C17H24N6O2. The van der Waals surface area contributed by atoms with Gasteiger partial charge in [0.25, 0.3) is 0 Å². The number of para-hydroxylation sites is 1. The molecule has 2 aromatic rings. The zero-order valence-electron chi connectivity index (χ0n) is 14.4. The lowest BCUT2D eigenvalue weighted by atomic mass is 10.3. The maximum absolute atomic E-state index is 11.4. The van der Waals surface area contributed by atoms with Crippen LogP contribution in [0.2, 0.25) is 0 Å².